The molecule has 4 aromatic heterocycles. The Morgan fingerprint density at radius 3 is 1.26 bits per heavy atom. The number of ether oxygens (including phenoxy) is 2. The first-order valence-corrected chi connectivity index (χ1v) is 12.6. The zero-order valence-electron chi connectivity index (χ0n) is 21.9. The van der Waals surface area contributed by atoms with E-state index in [1.165, 1.54) is 0 Å². The van der Waals surface area contributed by atoms with E-state index < -0.39 is 0 Å². The molecular formula is C32H28N2O4. The summed E-state index contributed by atoms with van der Waals surface area (Å²) in [6.45, 7) is 4.92. The highest BCUT2D eigenvalue weighted by atomic mass is 16.5. The lowest BCUT2D eigenvalue weighted by Gasteiger charge is -2.13. The molecule has 6 heteroatoms. The molecule has 38 heavy (non-hydrogen) atoms. The number of aryl methyl sites for hydroxylation is 2. The summed E-state index contributed by atoms with van der Waals surface area (Å²) in [6.07, 6.45) is 0. The van der Waals surface area contributed by atoms with E-state index in [0.717, 1.165) is 55.8 Å². The molecule has 0 aliphatic rings. The zero-order valence-corrected chi connectivity index (χ0v) is 21.9. The first kappa shape index (κ1) is 24.1. The molecule has 6 rings (SSSR count). The van der Waals surface area contributed by atoms with Crippen LogP contribution in [0.4, 0.5) is 0 Å². The number of aromatic nitrogens is 2. The summed E-state index contributed by atoms with van der Waals surface area (Å²) in [5.74, 6) is 0. The van der Waals surface area contributed by atoms with E-state index >= 15 is 0 Å². The van der Waals surface area contributed by atoms with Crippen LogP contribution in [0.1, 0.15) is 22.3 Å². The highest BCUT2D eigenvalue weighted by Crippen LogP contribution is 2.30. The molecule has 0 atom stereocenters. The molecular weight excluding hydrogens is 476 g/mol. The first-order valence-electron chi connectivity index (χ1n) is 12.6. The van der Waals surface area contributed by atoms with Crippen LogP contribution >= 0.6 is 0 Å². The largest absolute Gasteiger partial charge is 0.380 e. The van der Waals surface area contributed by atoms with E-state index in [9.17, 15) is 9.59 Å². The van der Waals surface area contributed by atoms with Gasteiger partial charge in [0.25, 0.3) is 11.1 Å². The Morgan fingerprint density at radius 2 is 0.921 bits per heavy atom. The second-order valence-electron chi connectivity index (χ2n) is 9.75. The van der Waals surface area contributed by atoms with Gasteiger partial charge in [-0.25, -0.2) is 0 Å². The summed E-state index contributed by atoms with van der Waals surface area (Å²) >= 11 is 0. The van der Waals surface area contributed by atoms with Crippen LogP contribution in [-0.2, 0) is 22.7 Å². The Bertz CT molecular complexity index is 1790. The molecule has 0 aliphatic carbocycles. The number of benzene rings is 2. The first-order chi connectivity index (χ1) is 18.4. The van der Waals surface area contributed by atoms with Crippen molar-refractivity contribution in [3.8, 4) is 22.5 Å². The van der Waals surface area contributed by atoms with Gasteiger partial charge >= 0.3 is 0 Å². The SMILES string of the molecule is COCc1ccc(-c2ccc3c(C)c4c(=O)n5c(-c6ccc(COC)cc6)ccc5c(C)c4c(=O)n23)cc1. The smallest absolute Gasteiger partial charge is 0.264 e. The van der Waals surface area contributed by atoms with Gasteiger partial charge in [0.15, 0.2) is 0 Å². The van der Waals surface area contributed by atoms with Crippen molar-refractivity contribution in [2.24, 2.45) is 0 Å². The number of fused-ring (bicyclic) bond motifs is 3. The van der Waals surface area contributed by atoms with Crippen molar-refractivity contribution in [1.29, 1.82) is 0 Å². The van der Waals surface area contributed by atoms with Crippen LogP contribution in [-0.4, -0.2) is 23.0 Å². The lowest BCUT2D eigenvalue weighted by atomic mass is 10.0. The number of pyridine rings is 2. The van der Waals surface area contributed by atoms with Crippen molar-refractivity contribution in [1.82, 2.24) is 8.80 Å². The molecule has 0 aliphatic heterocycles. The average molecular weight is 505 g/mol. The minimum Gasteiger partial charge on any atom is -0.380 e. The van der Waals surface area contributed by atoms with Gasteiger partial charge in [-0.2, -0.15) is 0 Å². The molecule has 0 saturated carbocycles. The van der Waals surface area contributed by atoms with Crippen LogP contribution < -0.4 is 11.1 Å². The fourth-order valence-corrected chi connectivity index (χ4v) is 5.61. The van der Waals surface area contributed by atoms with E-state index in [1.807, 2.05) is 86.6 Å². The monoisotopic (exact) mass is 504 g/mol. The molecule has 6 aromatic rings. The van der Waals surface area contributed by atoms with Crippen LogP contribution in [0.15, 0.2) is 82.4 Å². The maximum atomic E-state index is 14.0. The van der Waals surface area contributed by atoms with Gasteiger partial charge in [-0.1, -0.05) is 48.5 Å². The van der Waals surface area contributed by atoms with Gasteiger partial charge < -0.3 is 9.47 Å². The molecule has 0 spiro atoms. The van der Waals surface area contributed by atoms with Crippen molar-refractivity contribution in [3.63, 3.8) is 0 Å². The van der Waals surface area contributed by atoms with Gasteiger partial charge in [0, 0.05) is 14.2 Å². The number of rotatable bonds is 6. The Hall–Kier alpha value is -4.26. The highest BCUT2D eigenvalue weighted by Gasteiger charge is 2.21. The van der Waals surface area contributed by atoms with Gasteiger partial charge in [0.05, 0.1) is 46.4 Å². The zero-order chi connectivity index (χ0) is 26.6. The highest BCUT2D eigenvalue weighted by molar-refractivity contribution is 5.96. The molecule has 6 nitrogen and oxygen atoms in total. The second kappa shape index (κ2) is 9.24. The molecule has 0 bridgehead atoms. The Morgan fingerprint density at radius 1 is 0.553 bits per heavy atom. The molecule has 0 radical (unpaired) electrons. The van der Waals surface area contributed by atoms with Crippen LogP contribution in [0.3, 0.4) is 0 Å². The predicted octanol–water partition coefficient (Wildman–Crippen LogP) is 5.75. The lowest BCUT2D eigenvalue weighted by Crippen LogP contribution is -2.23. The molecule has 0 N–H and O–H groups in total. The van der Waals surface area contributed by atoms with Crippen molar-refractivity contribution in [3.05, 3.63) is 116 Å². The number of methoxy groups -OCH3 is 2. The second-order valence-corrected chi connectivity index (χ2v) is 9.75. The van der Waals surface area contributed by atoms with Crippen molar-refractivity contribution in [2.45, 2.75) is 27.1 Å². The Balaban J connectivity index is 1.61. The molecule has 4 heterocycles. The summed E-state index contributed by atoms with van der Waals surface area (Å²) in [4.78, 5) is 28.1. The molecule has 0 amide bonds. The summed E-state index contributed by atoms with van der Waals surface area (Å²) in [5.41, 5.74) is 8.33. The maximum absolute atomic E-state index is 14.0. The lowest BCUT2D eigenvalue weighted by molar-refractivity contribution is 0.185. The summed E-state index contributed by atoms with van der Waals surface area (Å²) < 4.78 is 13.9. The van der Waals surface area contributed by atoms with E-state index in [2.05, 4.69) is 0 Å². The summed E-state index contributed by atoms with van der Waals surface area (Å²) in [5, 5.41) is 0.946. The Kier molecular flexibility index (Phi) is 5.86. The van der Waals surface area contributed by atoms with Gasteiger partial charge in [-0.05, 0) is 71.5 Å². The predicted molar refractivity (Wildman–Crippen MR) is 151 cm³/mol. The fraction of sp³-hybridized carbons (Fsp3) is 0.188. The number of hydrogen-bond donors (Lipinski definition) is 0. The molecule has 0 unspecified atom stereocenters. The minimum absolute atomic E-state index is 0.176. The van der Waals surface area contributed by atoms with Crippen LogP contribution in [0.25, 0.3) is 44.3 Å². The van der Waals surface area contributed by atoms with Gasteiger partial charge in [0.2, 0.25) is 0 Å². The summed E-state index contributed by atoms with van der Waals surface area (Å²) in [6, 6.07) is 23.8. The van der Waals surface area contributed by atoms with E-state index in [-0.39, 0.29) is 11.1 Å². The summed E-state index contributed by atoms with van der Waals surface area (Å²) in [7, 11) is 3.34. The standard InChI is InChI=1S/C32H28N2O4/c1-19-25-13-15-27(23-9-5-21(6-10-23)17-37-3)33(25)32(36)30-20(2)26-14-16-28(34(26)31(35)29(19)30)24-11-7-22(8-12-24)18-38-4/h5-16H,17-18H2,1-4H3. The van der Waals surface area contributed by atoms with E-state index in [4.69, 9.17) is 9.47 Å². The van der Waals surface area contributed by atoms with Crippen LogP contribution in [0.2, 0.25) is 0 Å². The third-order valence-electron chi connectivity index (χ3n) is 7.49. The fourth-order valence-electron chi connectivity index (χ4n) is 5.61. The maximum Gasteiger partial charge on any atom is 0.264 e. The van der Waals surface area contributed by atoms with Crippen LogP contribution in [0, 0.1) is 13.8 Å². The van der Waals surface area contributed by atoms with Crippen molar-refractivity contribution in [2.75, 3.05) is 14.2 Å². The van der Waals surface area contributed by atoms with E-state index in [0.29, 0.717) is 24.0 Å². The molecule has 2 aromatic carbocycles. The average Bonchev–Trinajstić information content (AvgIpc) is 3.57. The minimum atomic E-state index is -0.176. The number of nitrogens with zero attached hydrogens (tertiary/aromatic N) is 2. The molecule has 0 saturated heterocycles. The molecule has 190 valence electrons. The Labute approximate surface area is 219 Å². The number of hydrogen-bond acceptors (Lipinski definition) is 4. The van der Waals surface area contributed by atoms with Crippen molar-refractivity contribution >= 4 is 21.8 Å². The van der Waals surface area contributed by atoms with Crippen molar-refractivity contribution < 1.29 is 9.47 Å². The third-order valence-corrected chi connectivity index (χ3v) is 7.49. The van der Waals surface area contributed by atoms with Gasteiger partial charge in [-0.3, -0.25) is 18.4 Å². The topological polar surface area (TPSA) is 61.4 Å². The normalized spacial score (nSPS) is 11.8. The third kappa shape index (κ3) is 3.56. The van der Waals surface area contributed by atoms with Crippen LogP contribution in [0.5, 0.6) is 0 Å². The van der Waals surface area contributed by atoms with E-state index in [1.54, 1.807) is 23.0 Å². The molecule has 0 fully saturated rings. The van der Waals surface area contributed by atoms with Gasteiger partial charge in [-0.15, -0.1) is 0 Å². The van der Waals surface area contributed by atoms with Gasteiger partial charge in [0.1, 0.15) is 0 Å². The quantitative estimate of drug-likeness (QED) is 0.290.